The fraction of sp³-hybridized carbons (Fsp3) is 0.622. The van der Waals surface area contributed by atoms with Gasteiger partial charge in [-0.2, -0.15) is 0 Å². The molecule has 2 aliphatic carbocycles. The third-order valence-electron chi connectivity index (χ3n) is 11.2. The maximum atomic E-state index is 14.4. The van der Waals surface area contributed by atoms with Gasteiger partial charge >= 0.3 is 6.09 Å². The minimum Gasteiger partial charge on any atom is -0.497 e. The van der Waals surface area contributed by atoms with E-state index in [0.29, 0.717) is 48.2 Å². The lowest BCUT2D eigenvalue weighted by atomic mass is 9.88. The van der Waals surface area contributed by atoms with E-state index in [1.807, 2.05) is 39.8 Å². The minimum absolute atomic E-state index is 0.00785. The van der Waals surface area contributed by atoms with Crippen LogP contribution in [0.1, 0.15) is 91.2 Å². The highest BCUT2D eigenvalue weighted by Crippen LogP contribution is 2.47. The van der Waals surface area contributed by atoms with Gasteiger partial charge in [-0.15, -0.1) is 0 Å². The molecule has 0 spiro atoms. The van der Waals surface area contributed by atoms with Crippen molar-refractivity contribution in [3.63, 3.8) is 0 Å². The highest BCUT2D eigenvalue weighted by Gasteiger charge is 2.63. The van der Waals surface area contributed by atoms with Gasteiger partial charge in [0.1, 0.15) is 35.2 Å². The van der Waals surface area contributed by atoms with Crippen LogP contribution in [0.3, 0.4) is 0 Å². The van der Waals surface area contributed by atoms with E-state index >= 15 is 0 Å². The highest BCUT2D eigenvalue weighted by molar-refractivity contribution is 7.91. The highest BCUT2D eigenvalue weighted by atomic mass is 32.2. The van der Waals surface area contributed by atoms with Gasteiger partial charge in [0.15, 0.2) is 0 Å². The third kappa shape index (κ3) is 7.78. The first-order valence-corrected chi connectivity index (χ1v) is 19.8. The number of methoxy groups -OCH3 is 1. The van der Waals surface area contributed by atoms with Crippen molar-refractivity contribution in [3.05, 3.63) is 36.0 Å². The molecule has 3 heterocycles. The Kier molecular flexibility index (Phi) is 10.4. The van der Waals surface area contributed by atoms with Crippen molar-refractivity contribution in [2.24, 2.45) is 17.8 Å². The Hall–Kier alpha value is -4.47. The third-order valence-corrected chi connectivity index (χ3v) is 13.4. The van der Waals surface area contributed by atoms with Crippen LogP contribution < -0.4 is 24.8 Å². The van der Waals surface area contributed by atoms with Gasteiger partial charge in [-0.25, -0.2) is 23.2 Å². The average molecular weight is 755 g/mol. The zero-order chi connectivity index (χ0) is 38.5. The molecule has 0 bridgehead atoms. The summed E-state index contributed by atoms with van der Waals surface area (Å²) in [5.41, 5.74) is 0.181. The van der Waals surface area contributed by atoms with Crippen molar-refractivity contribution in [2.45, 2.75) is 114 Å². The molecule has 4 aliphatic rings. The lowest BCUT2D eigenvalue weighted by Gasteiger charge is -2.32. The van der Waals surface area contributed by atoms with E-state index in [0.717, 1.165) is 6.42 Å². The summed E-state index contributed by atoms with van der Waals surface area (Å²) in [7, 11) is -2.46. The van der Waals surface area contributed by atoms with Crippen molar-refractivity contribution >= 4 is 44.9 Å². The number of carbonyl (C=O) groups excluding carboxylic acids is 3. The normalized spacial score (nSPS) is 30.6. The predicted octanol–water partition coefficient (Wildman–Crippen LogP) is 3.63. The topological polar surface area (TPSA) is 206 Å². The molecule has 15 nitrogen and oxygen atoms in total. The van der Waals surface area contributed by atoms with E-state index in [1.165, 1.54) is 4.90 Å². The Morgan fingerprint density at radius 1 is 1.11 bits per heavy atom. The first-order chi connectivity index (χ1) is 25.0. The molecule has 1 aromatic carbocycles. The monoisotopic (exact) mass is 754 g/mol. The molecule has 7 atom stereocenters. The molecule has 3 fully saturated rings. The second-order valence-corrected chi connectivity index (χ2v) is 18.0. The van der Waals surface area contributed by atoms with Crippen LogP contribution in [0.25, 0.3) is 11.0 Å². The number of rotatable bonds is 8. The Balaban J connectivity index is 1.36. The molecule has 0 radical (unpaired) electrons. The number of nitrogens with zero attached hydrogens (tertiary/aromatic N) is 3. The zero-order valence-electron chi connectivity index (χ0n) is 31.0. The SMILES string of the molecule is COc1ccc2nc(C(C)C)c(O[C@@H]3C[C@H]4C(=O)N[C@]5(C(=O)NS(=O)(=O)C6(C)CC6)C[C@H]5/C=C\CC[C@@H](C)C[C@@H](C)[C@H](NC(=O)O)C(=O)N4C3)nc2c1. The van der Waals surface area contributed by atoms with Crippen LogP contribution in [0.5, 0.6) is 11.6 Å². The first kappa shape index (κ1) is 38.3. The predicted molar refractivity (Wildman–Crippen MR) is 195 cm³/mol. The van der Waals surface area contributed by atoms with Gasteiger partial charge in [-0.1, -0.05) is 39.8 Å². The Morgan fingerprint density at radius 2 is 1.85 bits per heavy atom. The minimum atomic E-state index is -4.01. The van der Waals surface area contributed by atoms with E-state index in [9.17, 15) is 32.7 Å². The second-order valence-electron chi connectivity index (χ2n) is 15.8. The number of carboxylic acid groups (broad SMARTS) is 1. The Bertz CT molecular complexity index is 1930. The summed E-state index contributed by atoms with van der Waals surface area (Å²) < 4.78 is 39.3. The number of benzene rings is 1. The number of sulfonamides is 1. The smallest absolute Gasteiger partial charge is 0.405 e. The number of hydrogen-bond donors (Lipinski definition) is 4. The van der Waals surface area contributed by atoms with Gasteiger partial charge in [0.2, 0.25) is 27.7 Å². The summed E-state index contributed by atoms with van der Waals surface area (Å²) in [6.45, 7) is 9.23. The molecule has 1 aromatic heterocycles. The molecule has 2 aromatic rings. The summed E-state index contributed by atoms with van der Waals surface area (Å²) in [6.07, 6.45) is 4.58. The van der Waals surface area contributed by atoms with Crippen molar-refractivity contribution in [2.75, 3.05) is 13.7 Å². The fourth-order valence-corrected chi connectivity index (χ4v) is 8.82. The maximum absolute atomic E-state index is 14.4. The molecule has 4 amide bonds. The van der Waals surface area contributed by atoms with Gasteiger partial charge < -0.3 is 30.1 Å². The molecular formula is C37H50N6O9S. The standard InChI is InChI=1S/C37H50N6O9S/c1-20(2)29-32(39-27-16-24(51-6)11-12-26(27)38-29)52-25-17-28-31(44)41-37(34(46)42-53(49,50)36(5)13-14-36)18-23(37)10-8-7-9-21(3)15-22(4)30(40-35(47)48)33(45)43(28)19-25/h8,10-12,16,20-23,25,28,30,40H,7,9,13-15,17-19H2,1-6H3,(H,41,44)(H,42,46)(H,47,48)/b10-8-/t21-,22-,23-,25-,28+,30+,37-/m1/s1. The van der Waals surface area contributed by atoms with Gasteiger partial charge in [0, 0.05) is 24.3 Å². The van der Waals surface area contributed by atoms with E-state index in [4.69, 9.17) is 19.4 Å². The quantitative estimate of drug-likeness (QED) is 0.286. The van der Waals surface area contributed by atoms with E-state index in [-0.39, 0.29) is 37.1 Å². The number of amides is 4. The van der Waals surface area contributed by atoms with Gasteiger partial charge in [0.25, 0.3) is 5.91 Å². The number of aromatic nitrogens is 2. The van der Waals surface area contributed by atoms with Crippen LogP contribution in [0.15, 0.2) is 30.4 Å². The lowest BCUT2D eigenvalue weighted by Crippen LogP contribution is -2.59. The van der Waals surface area contributed by atoms with Crippen LogP contribution in [0.4, 0.5) is 4.79 Å². The van der Waals surface area contributed by atoms with Gasteiger partial charge in [-0.05, 0) is 69.4 Å². The molecule has 6 rings (SSSR count). The average Bonchev–Trinajstić information content (AvgIpc) is 3.97. The van der Waals surface area contributed by atoms with E-state index in [2.05, 4.69) is 15.4 Å². The van der Waals surface area contributed by atoms with Gasteiger partial charge in [-0.3, -0.25) is 19.1 Å². The zero-order valence-corrected chi connectivity index (χ0v) is 31.9. The first-order valence-electron chi connectivity index (χ1n) is 18.3. The summed E-state index contributed by atoms with van der Waals surface area (Å²) in [6, 6.07) is 2.97. The number of hydrogen-bond acceptors (Lipinski definition) is 10. The largest absolute Gasteiger partial charge is 0.497 e. The maximum Gasteiger partial charge on any atom is 0.405 e. The van der Waals surface area contributed by atoms with Crippen LogP contribution >= 0.6 is 0 Å². The second kappa shape index (κ2) is 14.4. The molecule has 288 valence electrons. The molecule has 4 N–H and O–H groups in total. The van der Waals surface area contributed by atoms with Crippen LogP contribution in [-0.4, -0.2) is 94.3 Å². The Morgan fingerprint density at radius 3 is 2.51 bits per heavy atom. The Labute approximate surface area is 309 Å². The van der Waals surface area contributed by atoms with Gasteiger partial charge in [0.05, 0.1) is 29.4 Å². The van der Waals surface area contributed by atoms with Crippen LogP contribution in [0.2, 0.25) is 0 Å². The molecular weight excluding hydrogens is 705 g/mol. The van der Waals surface area contributed by atoms with Crippen molar-refractivity contribution in [1.82, 2.24) is 30.2 Å². The van der Waals surface area contributed by atoms with Crippen molar-refractivity contribution in [1.29, 1.82) is 0 Å². The molecule has 2 aliphatic heterocycles. The molecule has 53 heavy (non-hydrogen) atoms. The summed E-state index contributed by atoms with van der Waals surface area (Å²) in [5, 5.41) is 15.1. The molecule has 1 saturated heterocycles. The molecule has 16 heteroatoms. The number of carbonyl (C=O) groups is 4. The number of fused-ring (bicyclic) bond motifs is 3. The summed E-state index contributed by atoms with van der Waals surface area (Å²) >= 11 is 0. The summed E-state index contributed by atoms with van der Waals surface area (Å²) in [4.78, 5) is 65.5. The number of ether oxygens (including phenoxy) is 2. The van der Waals surface area contributed by atoms with Crippen LogP contribution in [0, 0.1) is 17.8 Å². The fourth-order valence-electron chi connectivity index (χ4n) is 7.51. The van der Waals surface area contributed by atoms with E-state index < -0.39 is 74.1 Å². The molecule has 2 saturated carbocycles. The van der Waals surface area contributed by atoms with Crippen molar-refractivity contribution < 1.29 is 42.2 Å². The number of nitrogens with one attached hydrogen (secondary N) is 3. The molecule has 0 unspecified atom stereocenters. The number of allylic oxidation sites excluding steroid dienone is 1. The summed E-state index contributed by atoms with van der Waals surface area (Å²) in [5.74, 6) is -2.15. The lowest BCUT2D eigenvalue weighted by molar-refractivity contribution is -0.142. The van der Waals surface area contributed by atoms with Crippen molar-refractivity contribution in [3.8, 4) is 11.6 Å². The van der Waals surface area contributed by atoms with Crippen LogP contribution in [-0.2, 0) is 24.4 Å². The van der Waals surface area contributed by atoms with E-state index in [1.54, 1.807) is 32.2 Å².